The van der Waals surface area contributed by atoms with Gasteiger partial charge in [0.25, 0.3) is 5.24 Å². The predicted octanol–water partition coefficient (Wildman–Crippen LogP) is 4.37. The Labute approximate surface area is 157 Å². The summed E-state index contributed by atoms with van der Waals surface area (Å²) in [7, 11) is 6.49. The molecule has 0 aromatic heterocycles. The number of nitrogens with zero attached hydrogens (tertiary/aromatic N) is 1. The van der Waals surface area contributed by atoms with Gasteiger partial charge in [-0.1, -0.05) is 18.2 Å². The van der Waals surface area contributed by atoms with Crippen molar-refractivity contribution in [2.24, 2.45) is 0 Å². The molecule has 6 heteroatoms. The van der Waals surface area contributed by atoms with Gasteiger partial charge >= 0.3 is 0 Å². The normalized spacial score (nSPS) is 10.6. The van der Waals surface area contributed by atoms with Crippen LogP contribution < -0.4 is 9.47 Å². The summed E-state index contributed by atoms with van der Waals surface area (Å²) in [6.07, 6.45) is 3.22. The number of ether oxygens (including phenoxy) is 2. The number of benzene rings is 2. The largest absolute Gasteiger partial charge is 0.493 e. The number of thioether (sulfide) groups is 1. The number of allylic oxidation sites excluding steroid dienone is 1. The van der Waals surface area contributed by atoms with Gasteiger partial charge in [-0.05, 0) is 53.7 Å². The van der Waals surface area contributed by atoms with Gasteiger partial charge in [0.1, 0.15) is 0 Å². The van der Waals surface area contributed by atoms with Crippen molar-refractivity contribution in [2.45, 2.75) is 4.90 Å². The average molecular weight is 371 g/mol. The topological polar surface area (TPSA) is 55.8 Å². The van der Waals surface area contributed by atoms with Crippen molar-refractivity contribution in [1.29, 1.82) is 0 Å². The van der Waals surface area contributed by atoms with E-state index in [2.05, 4.69) is 0 Å². The van der Waals surface area contributed by atoms with E-state index in [-0.39, 0.29) is 11.0 Å². The molecule has 2 rings (SSSR count). The number of ketones is 1. The van der Waals surface area contributed by atoms with Crippen molar-refractivity contribution in [3.63, 3.8) is 0 Å². The quantitative estimate of drug-likeness (QED) is 0.429. The van der Waals surface area contributed by atoms with Crippen LogP contribution in [0.15, 0.2) is 53.4 Å². The van der Waals surface area contributed by atoms with Crippen LogP contribution in [0, 0.1) is 0 Å². The van der Waals surface area contributed by atoms with E-state index in [0.717, 1.165) is 22.2 Å². The molecule has 2 aromatic rings. The van der Waals surface area contributed by atoms with Crippen LogP contribution in [0.3, 0.4) is 0 Å². The third-order valence-corrected chi connectivity index (χ3v) is 4.55. The molecule has 0 fully saturated rings. The van der Waals surface area contributed by atoms with Gasteiger partial charge in [-0.15, -0.1) is 0 Å². The second-order valence-corrected chi connectivity index (χ2v) is 6.63. The van der Waals surface area contributed by atoms with Gasteiger partial charge in [0.15, 0.2) is 17.3 Å². The molecule has 0 aliphatic heterocycles. The van der Waals surface area contributed by atoms with Crippen LogP contribution in [0.1, 0.15) is 15.9 Å². The Balaban J connectivity index is 2.14. The third kappa shape index (κ3) is 5.13. The average Bonchev–Trinajstić information content (AvgIpc) is 2.65. The smallest absolute Gasteiger partial charge is 0.285 e. The predicted molar refractivity (Wildman–Crippen MR) is 104 cm³/mol. The minimum atomic E-state index is -0.145. The van der Waals surface area contributed by atoms with E-state index in [0.29, 0.717) is 17.1 Å². The monoisotopic (exact) mass is 371 g/mol. The highest BCUT2D eigenvalue weighted by Crippen LogP contribution is 2.28. The number of hydrogen-bond acceptors (Lipinski definition) is 5. The fraction of sp³-hybridized carbons (Fsp3) is 0.200. The van der Waals surface area contributed by atoms with Crippen molar-refractivity contribution < 1.29 is 19.1 Å². The van der Waals surface area contributed by atoms with Gasteiger partial charge in [-0.25, -0.2) is 0 Å². The Bertz CT molecular complexity index is 830. The Kier molecular flexibility index (Phi) is 6.86. The molecule has 0 atom stereocenters. The number of carbonyl (C=O) groups excluding carboxylic acids is 2. The maximum absolute atomic E-state index is 12.4. The van der Waals surface area contributed by atoms with Crippen LogP contribution in [0.5, 0.6) is 11.5 Å². The maximum atomic E-state index is 12.4. The van der Waals surface area contributed by atoms with Crippen LogP contribution in [-0.4, -0.2) is 44.2 Å². The zero-order valence-electron chi connectivity index (χ0n) is 15.2. The molecule has 0 unspecified atom stereocenters. The Morgan fingerprint density at radius 2 is 1.73 bits per heavy atom. The summed E-state index contributed by atoms with van der Waals surface area (Å²) < 4.78 is 10.4. The summed E-state index contributed by atoms with van der Waals surface area (Å²) in [4.78, 5) is 26.5. The van der Waals surface area contributed by atoms with E-state index in [4.69, 9.17) is 9.47 Å². The van der Waals surface area contributed by atoms with E-state index in [1.165, 1.54) is 18.1 Å². The minimum absolute atomic E-state index is 0.0486. The first kappa shape index (κ1) is 19.6. The van der Waals surface area contributed by atoms with E-state index in [1.807, 2.05) is 24.3 Å². The molecule has 5 nitrogen and oxygen atoms in total. The number of rotatable bonds is 6. The molecule has 0 saturated heterocycles. The lowest BCUT2D eigenvalue weighted by molar-refractivity contribution is 0.104. The van der Waals surface area contributed by atoms with E-state index < -0.39 is 0 Å². The van der Waals surface area contributed by atoms with Crippen molar-refractivity contribution in [1.82, 2.24) is 4.90 Å². The van der Waals surface area contributed by atoms with Gasteiger partial charge in [-0.3, -0.25) is 9.59 Å². The Hall–Kier alpha value is -2.73. The second-order valence-electron chi connectivity index (χ2n) is 5.60. The van der Waals surface area contributed by atoms with Gasteiger partial charge in [0.2, 0.25) is 0 Å². The molecule has 0 aliphatic carbocycles. The zero-order valence-corrected chi connectivity index (χ0v) is 16.0. The van der Waals surface area contributed by atoms with Gasteiger partial charge in [0, 0.05) is 24.6 Å². The molecule has 0 heterocycles. The molecule has 2 aromatic carbocycles. The molecular weight excluding hydrogens is 350 g/mol. The SMILES string of the molecule is COc1ccc(C(=O)C=Cc2cccc(SC(=O)N(C)C)c2)cc1OC. The molecule has 0 saturated carbocycles. The fourth-order valence-corrected chi connectivity index (χ4v) is 2.86. The zero-order chi connectivity index (χ0) is 19.1. The minimum Gasteiger partial charge on any atom is -0.493 e. The molecular formula is C20H21NO4S. The van der Waals surface area contributed by atoms with Crippen LogP contribution >= 0.6 is 11.8 Å². The summed E-state index contributed by atoms with van der Waals surface area (Å²) in [5.41, 5.74) is 1.35. The van der Waals surface area contributed by atoms with E-state index >= 15 is 0 Å². The van der Waals surface area contributed by atoms with Crippen molar-refractivity contribution in [3.8, 4) is 11.5 Å². The van der Waals surface area contributed by atoms with Crippen molar-refractivity contribution >= 4 is 28.9 Å². The summed E-state index contributed by atoms with van der Waals surface area (Å²) in [5, 5.41) is -0.0486. The lowest BCUT2D eigenvalue weighted by Crippen LogP contribution is -2.15. The second kappa shape index (κ2) is 9.10. The highest BCUT2D eigenvalue weighted by Gasteiger charge is 2.09. The van der Waals surface area contributed by atoms with Crippen LogP contribution in [0.4, 0.5) is 4.79 Å². The van der Waals surface area contributed by atoms with Crippen LogP contribution in [-0.2, 0) is 0 Å². The lowest BCUT2D eigenvalue weighted by Gasteiger charge is -2.09. The summed E-state index contributed by atoms with van der Waals surface area (Å²) in [5.74, 6) is 0.934. The number of carbonyl (C=O) groups is 2. The Morgan fingerprint density at radius 3 is 2.38 bits per heavy atom. The molecule has 136 valence electrons. The molecule has 0 radical (unpaired) electrons. The highest BCUT2D eigenvalue weighted by atomic mass is 32.2. The van der Waals surface area contributed by atoms with Gasteiger partial charge in [0.05, 0.1) is 14.2 Å². The molecule has 26 heavy (non-hydrogen) atoms. The molecule has 0 N–H and O–H groups in total. The van der Waals surface area contributed by atoms with Gasteiger partial charge in [-0.2, -0.15) is 0 Å². The Morgan fingerprint density at radius 1 is 1.00 bits per heavy atom. The van der Waals surface area contributed by atoms with E-state index in [9.17, 15) is 9.59 Å². The van der Waals surface area contributed by atoms with Crippen molar-refractivity contribution in [2.75, 3.05) is 28.3 Å². The first-order valence-electron chi connectivity index (χ1n) is 7.88. The van der Waals surface area contributed by atoms with Crippen LogP contribution in [0.25, 0.3) is 6.08 Å². The van der Waals surface area contributed by atoms with Crippen LogP contribution in [0.2, 0.25) is 0 Å². The van der Waals surface area contributed by atoms with Gasteiger partial charge < -0.3 is 14.4 Å². The molecule has 0 bridgehead atoms. The first-order valence-corrected chi connectivity index (χ1v) is 8.70. The summed E-state index contributed by atoms with van der Waals surface area (Å²) in [6, 6.07) is 12.5. The third-order valence-electron chi connectivity index (χ3n) is 3.52. The lowest BCUT2D eigenvalue weighted by atomic mass is 10.1. The number of methoxy groups -OCH3 is 2. The number of hydrogen-bond donors (Lipinski definition) is 0. The van der Waals surface area contributed by atoms with Crippen molar-refractivity contribution in [3.05, 3.63) is 59.7 Å². The standard InChI is InChI=1S/C20H21NO4S/c1-21(2)20(23)26-16-7-5-6-14(12-16)8-10-17(22)15-9-11-18(24-3)19(13-15)25-4/h5-13H,1-4H3. The van der Waals surface area contributed by atoms with E-state index in [1.54, 1.807) is 45.5 Å². The molecule has 1 amide bonds. The first-order chi connectivity index (χ1) is 12.4. The summed E-state index contributed by atoms with van der Waals surface area (Å²) in [6.45, 7) is 0. The highest BCUT2D eigenvalue weighted by molar-refractivity contribution is 8.13. The maximum Gasteiger partial charge on any atom is 0.285 e. The molecule has 0 spiro atoms. The number of amides is 1. The summed E-state index contributed by atoms with van der Waals surface area (Å²) >= 11 is 1.14. The molecule has 0 aliphatic rings. The fourth-order valence-electron chi connectivity index (χ4n) is 2.13.